The van der Waals surface area contributed by atoms with Crippen molar-refractivity contribution in [3.63, 3.8) is 0 Å². The van der Waals surface area contributed by atoms with E-state index >= 15 is 0 Å². The Morgan fingerprint density at radius 1 is 1.32 bits per heavy atom. The summed E-state index contributed by atoms with van der Waals surface area (Å²) in [5, 5.41) is 8.94. The standard InChI is InChI=1S/C14H20N2O3/c1-10-3-5-12(6-4-10)16(9-13(17)18)14(19)11(2)7-8-15/h3-6,11H,7-9,15H2,1-2H3,(H,17,18). The van der Waals surface area contributed by atoms with Crippen LogP contribution in [0.5, 0.6) is 0 Å². The molecule has 0 radical (unpaired) electrons. The van der Waals surface area contributed by atoms with E-state index in [4.69, 9.17) is 10.8 Å². The third-order valence-corrected chi connectivity index (χ3v) is 2.93. The second-order valence-corrected chi connectivity index (χ2v) is 4.63. The van der Waals surface area contributed by atoms with Crippen LogP contribution in [0.4, 0.5) is 5.69 Å². The van der Waals surface area contributed by atoms with Crippen LogP contribution in [-0.4, -0.2) is 30.1 Å². The van der Waals surface area contributed by atoms with Gasteiger partial charge in [-0.15, -0.1) is 0 Å². The lowest BCUT2D eigenvalue weighted by Gasteiger charge is -2.24. The van der Waals surface area contributed by atoms with Gasteiger partial charge in [0.05, 0.1) is 0 Å². The molecule has 1 aromatic carbocycles. The van der Waals surface area contributed by atoms with E-state index in [1.54, 1.807) is 19.1 Å². The van der Waals surface area contributed by atoms with Gasteiger partial charge in [-0.05, 0) is 32.0 Å². The molecule has 1 amide bonds. The highest BCUT2D eigenvalue weighted by Gasteiger charge is 2.23. The molecule has 0 saturated heterocycles. The van der Waals surface area contributed by atoms with Gasteiger partial charge in [-0.2, -0.15) is 0 Å². The molecule has 19 heavy (non-hydrogen) atoms. The number of carbonyl (C=O) groups excluding carboxylic acids is 1. The molecule has 0 aliphatic rings. The minimum atomic E-state index is -1.03. The van der Waals surface area contributed by atoms with Gasteiger partial charge >= 0.3 is 5.97 Å². The lowest BCUT2D eigenvalue weighted by Crippen LogP contribution is -2.39. The summed E-state index contributed by atoms with van der Waals surface area (Å²) < 4.78 is 0. The Hall–Kier alpha value is -1.88. The van der Waals surface area contributed by atoms with Crippen LogP contribution < -0.4 is 10.6 Å². The quantitative estimate of drug-likeness (QED) is 0.813. The van der Waals surface area contributed by atoms with E-state index in [-0.39, 0.29) is 18.4 Å². The van der Waals surface area contributed by atoms with Crippen LogP contribution in [0, 0.1) is 12.8 Å². The van der Waals surface area contributed by atoms with Gasteiger partial charge in [0.25, 0.3) is 0 Å². The van der Waals surface area contributed by atoms with Crippen molar-refractivity contribution in [3.8, 4) is 0 Å². The number of carboxylic acids is 1. The summed E-state index contributed by atoms with van der Waals surface area (Å²) in [7, 11) is 0. The Morgan fingerprint density at radius 2 is 1.89 bits per heavy atom. The fraction of sp³-hybridized carbons (Fsp3) is 0.429. The summed E-state index contributed by atoms with van der Waals surface area (Å²) in [5.41, 5.74) is 7.10. The van der Waals surface area contributed by atoms with Gasteiger partial charge < -0.3 is 15.7 Å². The lowest BCUT2D eigenvalue weighted by atomic mass is 10.1. The van der Waals surface area contributed by atoms with E-state index in [9.17, 15) is 9.59 Å². The molecular weight excluding hydrogens is 244 g/mol. The normalized spacial score (nSPS) is 11.9. The Bertz CT molecular complexity index is 443. The molecule has 1 rings (SSSR count). The molecule has 0 spiro atoms. The highest BCUT2D eigenvalue weighted by molar-refractivity contribution is 5.98. The zero-order chi connectivity index (χ0) is 14.4. The Kier molecular flexibility index (Phi) is 5.51. The maximum Gasteiger partial charge on any atom is 0.323 e. The molecule has 1 atom stereocenters. The highest BCUT2D eigenvalue weighted by atomic mass is 16.4. The van der Waals surface area contributed by atoms with Gasteiger partial charge in [-0.3, -0.25) is 9.59 Å². The Balaban J connectivity index is 2.97. The summed E-state index contributed by atoms with van der Waals surface area (Å²) >= 11 is 0. The van der Waals surface area contributed by atoms with E-state index < -0.39 is 5.97 Å². The first-order valence-electron chi connectivity index (χ1n) is 6.25. The number of rotatable bonds is 6. The fourth-order valence-corrected chi connectivity index (χ4v) is 1.80. The van der Waals surface area contributed by atoms with E-state index in [2.05, 4.69) is 0 Å². The molecule has 104 valence electrons. The molecule has 0 aliphatic heterocycles. The molecule has 0 aromatic heterocycles. The van der Waals surface area contributed by atoms with Crippen LogP contribution in [-0.2, 0) is 9.59 Å². The number of carbonyl (C=O) groups is 2. The molecule has 0 heterocycles. The number of anilines is 1. The number of nitrogens with zero attached hydrogens (tertiary/aromatic N) is 1. The Morgan fingerprint density at radius 3 is 2.37 bits per heavy atom. The number of hydrogen-bond acceptors (Lipinski definition) is 3. The first-order chi connectivity index (χ1) is 8.95. The molecule has 0 aliphatic carbocycles. The monoisotopic (exact) mass is 264 g/mol. The van der Waals surface area contributed by atoms with E-state index in [0.717, 1.165) is 5.56 Å². The van der Waals surface area contributed by atoms with Crippen molar-refractivity contribution in [2.24, 2.45) is 11.7 Å². The van der Waals surface area contributed by atoms with Crippen LogP contribution in [0.3, 0.4) is 0 Å². The van der Waals surface area contributed by atoms with Crippen molar-refractivity contribution >= 4 is 17.6 Å². The lowest BCUT2D eigenvalue weighted by molar-refractivity contribution is -0.137. The highest BCUT2D eigenvalue weighted by Crippen LogP contribution is 2.18. The zero-order valence-corrected chi connectivity index (χ0v) is 11.3. The average molecular weight is 264 g/mol. The van der Waals surface area contributed by atoms with Gasteiger partial charge in [0.15, 0.2) is 0 Å². The van der Waals surface area contributed by atoms with E-state index in [1.165, 1.54) is 4.90 Å². The van der Waals surface area contributed by atoms with Crippen molar-refractivity contribution in [2.45, 2.75) is 20.3 Å². The summed E-state index contributed by atoms with van der Waals surface area (Å²) in [6.07, 6.45) is 0.542. The number of aryl methyl sites for hydroxylation is 1. The number of amides is 1. The van der Waals surface area contributed by atoms with Crippen molar-refractivity contribution in [1.82, 2.24) is 0 Å². The smallest absolute Gasteiger partial charge is 0.323 e. The van der Waals surface area contributed by atoms with Gasteiger partial charge in [0.2, 0.25) is 5.91 Å². The van der Waals surface area contributed by atoms with Crippen molar-refractivity contribution < 1.29 is 14.7 Å². The summed E-state index contributed by atoms with van der Waals surface area (Å²) in [6.45, 7) is 3.76. The number of carboxylic acid groups (broad SMARTS) is 1. The van der Waals surface area contributed by atoms with Crippen LogP contribution in [0.2, 0.25) is 0 Å². The van der Waals surface area contributed by atoms with Gasteiger partial charge in [-0.25, -0.2) is 0 Å². The maximum atomic E-state index is 12.3. The average Bonchev–Trinajstić information content (AvgIpc) is 2.36. The largest absolute Gasteiger partial charge is 0.480 e. The predicted octanol–water partition coefficient (Wildman–Crippen LogP) is 1.40. The summed E-state index contributed by atoms with van der Waals surface area (Å²) in [5.74, 6) is -1.53. The molecule has 0 bridgehead atoms. The van der Waals surface area contributed by atoms with Gasteiger partial charge in [0, 0.05) is 11.6 Å². The van der Waals surface area contributed by atoms with Crippen LogP contribution in [0.1, 0.15) is 18.9 Å². The minimum absolute atomic E-state index is 0.211. The molecule has 5 nitrogen and oxygen atoms in total. The minimum Gasteiger partial charge on any atom is -0.480 e. The maximum absolute atomic E-state index is 12.3. The van der Waals surface area contributed by atoms with E-state index in [1.807, 2.05) is 19.1 Å². The molecule has 0 fully saturated rings. The zero-order valence-electron chi connectivity index (χ0n) is 11.3. The van der Waals surface area contributed by atoms with Gasteiger partial charge in [0.1, 0.15) is 6.54 Å². The Labute approximate surface area is 113 Å². The van der Waals surface area contributed by atoms with Crippen molar-refractivity contribution in [1.29, 1.82) is 0 Å². The second kappa shape index (κ2) is 6.89. The number of aliphatic carboxylic acids is 1. The summed E-state index contributed by atoms with van der Waals surface area (Å²) in [4.78, 5) is 24.5. The van der Waals surface area contributed by atoms with Gasteiger partial charge in [-0.1, -0.05) is 24.6 Å². The summed E-state index contributed by atoms with van der Waals surface area (Å²) in [6, 6.07) is 7.22. The fourth-order valence-electron chi connectivity index (χ4n) is 1.80. The molecule has 3 N–H and O–H groups in total. The van der Waals surface area contributed by atoms with E-state index in [0.29, 0.717) is 18.7 Å². The molecular formula is C14H20N2O3. The first kappa shape index (κ1) is 15.2. The van der Waals surface area contributed by atoms with Crippen LogP contribution >= 0.6 is 0 Å². The molecule has 1 unspecified atom stereocenters. The van der Waals surface area contributed by atoms with Crippen LogP contribution in [0.15, 0.2) is 24.3 Å². The SMILES string of the molecule is Cc1ccc(N(CC(=O)O)C(=O)C(C)CCN)cc1. The topological polar surface area (TPSA) is 83.6 Å². The second-order valence-electron chi connectivity index (χ2n) is 4.63. The third kappa shape index (κ3) is 4.37. The molecule has 5 heteroatoms. The number of benzene rings is 1. The predicted molar refractivity (Wildman–Crippen MR) is 74.0 cm³/mol. The molecule has 0 saturated carbocycles. The molecule has 1 aromatic rings. The third-order valence-electron chi connectivity index (χ3n) is 2.93. The first-order valence-corrected chi connectivity index (χ1v) is 6.25. The van der Waals surface area contributed by atoms with Crippen molar-refractivity contribution in [3.05, 3.63) is 29.8 Å². The van der Waals surface area contributed by atoms with Crippen molar-refractivity contribution in [2.75, 3.05) is 18.0 Å². The number of hydrogen-bond donors (Lipinski definition) is 2. The van der Waals surface area contributed by atoms with Crippen LogP contribution in [0.25, 0.3) is 0 Å². The number of nitrogens with two attached hydrogens (primary N) is 1.